The van der Waals surface area contributed by atoms with Gasteiger partial charge in [-0.05, 0) is 60.1 Å². The molecule has 4 aromatic rings. The van der Waals surface area contributed by atoms with Crippen LogP contribution in [-0.2, 0) is 0 Å². The summed E-state index contributed by atoms with van der Waals surface area (Å²) in [5.41, 5.74) is 3.34. The molecule has 0 N–H and O–H groups in total. The van der Waals surface area contributed by atoms with Crippen LogP contribution in [0.3, 0.4) is 0 Å². The molecule has 3 heterocycles. The number of piperazine rings is 1. The second-order valence-electron chi connectivity index (χ2n) is 7.64. The summed E-state index contributed by atoms with van der Waals surface area (Å²) in [4.78, 5) is 26.0. The van der Waals surface area contributed by atoms with E-state index in [1.165, 1.54) is 11.5 Å². The molecule has 1 aliphatic rings. The van der Waals surface area contributed by atoms with Gasteiger partial charge in [0.05, 0.1) is 14.2 Å². The summed E-state index contributed by atoms with van der Waals surface area (Å²) in [6.45, 7) is 2.65. The van der Waals surface area contributed by atoms with Crippen molar-refractivity contribution < 1.29 is 14.3 Å². The number of anilines is 1. The Morgan fingerprint density at radius 3 is 2.15 bits per heavy atom. The van der Waals surface area contributed by atoms with Gasteiger partial charge in [0.15, 0.2) is 5.82 Å². The molecule has 0 unspecified atom stereocenters. The zero-order chi connectivity index (χ0) is 22.8. The Morgan fingerprint density at radius 1 is 0.879 bits per heavy atom. The smallest absolute Gasteiger partial charge is 0.253 e. The fourth-order valence-electron chi connectivity index (χ4n) is 3.95. The Kier molecular flexibility index (Phi) is 5.78. The van der Waals surface area contributed by atoms with Crippen LogP contribution in [0.5, 0.6) is 11.5 Å². The fourth-order valence-corrected chi connectivity index (χ4v) is 4.83. The molecule has 8 nitrogen and oxygen atoms in total. The van der Waals surface area contributed by atoms with Gasteiger partial charge >= 0.3 is 0 Å². The Bertz CT molecular complexity index is 1270. The molecule has 0 atom stereocenters. The summed E-state index contributed by atoms with van der Waals surface area (Å²) in [5, 5.41) is 0. The molecule has 0 saturated carbocycles. The van der Waals surface area contributed by atoms with Crippen molar-refractivity contribution in [1.29, 1.82) is 0 Å². The number of aromatic nitrogens is 3. The van der Waals surface area contributed by atoms with Crippen molar-refractivity contribution in [2.24, 2.45) is 0 Å². The summed E-state index contributed by atoms with van der Waals surface area (Å²) in [6.07, 6.45) is 1.59. The molecule has 1 amide bonds. The maximum atomic E-state index is 12.9. The maximum absolute atomic E-state index is 12.9. The molecular weight excluding hydrogens is 438 g/mol. The number of rotatable bonds is 5. The lowest BCUT2D eigenvalue weighted by molar-refractivity contribution is 0.0746. The number of nitrogens with zero attached hydrogens (tertiary/aromatic N) is 5. The zero-order valence-electron chi connectivity index (χ0n) is 18.4. The summed E-state index contributed by atoms with van der Waals surface area (Å²) in [7, 11) is 3.26. The van der Waals surface area contributed by atoms with Gasteiger partial charge in [-0.25, -0.2) is 9.97 Å². The summed E-state index contributed by atoms with van der Waals surface area (Å²) in [5.74, 6) is 2.44. The Balaban J connectivity index is 1.33. The largest absolute Gasteiger partial charge is 0.497 e. The number of benzene rings is 2. The van der Waals surface area contributed by atoms with Crippen LogP contribution < -0.4 is 14.4 Å². The quantitative estimate of drug-likeness (QED) is 0.448. The molecule has 5 rings (SSSR count). The molecule has 9 heteroatoms. The van der Waals surface area contributed by atoms with Crippen molar-refractivity contribution in [2.45, 2.75) is 0 Å². The minimum Gasteiger partial charge on any atom is -0.497 e. The number of ether oxygens (including phenoxy) is 2. The summed E-state index contributed by atoms with van der Waals surface area (Å²) >= 11 is 1.41. The summed E-state index contributed by atoms with van der Waals surface area (Å²) < 4.78 is 16.1. The number of fused-ring (bicyclic) bond motifs is 1. The minimum atomic E-state index is 0.0321. The van der Waals surface area contributed by atoms with Gasteiger partial charge in [0.2, 0.25) is 0 Å². The Hall–Kier alpha value is -3.72. The topological polar surface area (TPSA) is 80.7 Å². The first-order valence-electron chi connectivity index (χ1n) is 10.6. The van der Waals surface area contributed by atoms with E-state index in [9.17, 15) is 4.79 Å². The first-order chi connectivity index (χ1) is 16.2. The molecule has 1 fully saturated rings. The maximum Gasteiger partial charge on any atom is 0.253 e. The highest BCUT2D eigenvalue weighted by atomic mass is 32.1. The lowest BCUT2D eigenvalue weighted by atomic mass is 10.1. The lowest BCUT2D eigenvalue weighted by Crippen LogP contribution is -2.49. The van der Waals surface area contributed by atoms with Crippen LogP contribution in [0.25, 0.3) is 21.5 Å². The monoisotopic (exact) mass is 461 g/mol. The SMILES string of the molecule is COc1ccc(C(=O)N2CCN(c3ncnc4c(-c5ccc(OC)cc5)nsc34)CC2)cc1. The fraction of sp³-hybridized carbons (Fsp3) is 0.250. The average molecular weight is 462 g/mol. The van der Waals surface area contributed by atoms with E-state index in [0.29, 0.717) is 31.7 Å². The van der Waals surface area contributed by atoms with E-state index in [4.69, 9.17) is 9.47 Å². The van der Waals surface area contributed by atoms with Gasteiger partial charge in [0.1, 0.15) is 33.7 Å². The predicted molar refractivity (Wildman–Crippen MR) is 128 cm³/mol. The normalized spacial score (nSPS) is 13.9. The summed E-state index contributed by atoms with van der Waals surface area (Å²) in [6, 6.07) is 15.0. The van der Waals surface area contributed by atoms with Crippen LogP contribution in [0, 0.1) is 0 Å². The number of hydrogen-bond donors (Lipinski definition) is 0. The number of methoxy groups -OCH3 is 2. The van der Waals surface area contributed by atoms with Crippen LogP contribution >= 0.6 is 11.5 Å². The first-order valence-corrected chi connectivity index (χ1v) is 11.4. The molecule has 0 radical (unpaired) electrons. The second-order valence-corrected chi connectivity index (χ2v) is 8.42. The van der Waals surface area contributed by atoms with Gasteiger partial charge in [-0.1, -0.05) is 0 Å². The van der Waals surface area contributed by atoms with Crippen LogP contribution in [0.1, 0.15) is 10.4 Å². The third-order valence-electron chi connectivity index (χ3n) is 5.80. The van der Waals surface area contributed by atoms with Crippen LogP contribution in [0.4, 0.5) is 5.82 Å². The highest BCUT2D eigenvalue weighted by molar-refractivity contribution is 7.14. The lowest BCUT2D eigenvalue weighted by Gasteiger charge is -2.35. The average Bonchev–Trinajstić information content (AvgIpc) is 3.33. The van der Waals surface area contributed by atoms with E-state index in [0.717, 1.165) is 38.8 Å². The van der Waals surface area contributed by atoms with E-state index >= 15 is 0 Å². The van der Waals surface area contributed by atoms with Gasteiger partial charge in [-0.3, -0.25) is 4.79 Å². The van der Waals surface area contributed by atoms with E-state index in [1.807, 2.05) is 41.3 Å². The van der Waals surface area contributed by atoms with Crippen molar-refractivity contribution in [3.8, 4) is 22.8 Å². The Morgan fingerprint density at radius 2 is 1.52 bits per heavy atom. The van der Waals surface area contributed by atoms with Gasteiger partial charge < -0.3 is 19.3 Å². The molecule has 0 spiro atoms. The molecule has 2 aromatic carbocycles. The molecule has 168 valence electrons. The molecule has 1 aliphatic heterocycles. The molecule has 1 saturated heterocycles. The van der Waals surface area contributed by atoms with Gasteiger partial charge in [-0.2, -0.15) is 4.37 Å². The van der Waals surface area contributed by atoms with Gasteiger partial charge in [0, 0.05) is 37.3 Å². The molecule has 33 heavy (non-hydrogen) atoms. The van der Waals surface area contributed by atoms with E-state index < -0.39 is 0 Å². The third-order valence-corrected chi connectivity index (χ3v) is 6.64. The first kappa shape index (κ1) is 21.1. The van der Waals surface area contributed by atoms with Gasteiger partial charge in [-0.15, -0.1) is 0 Å². The molecule has 0 aliphatic carbocycles. The van der Waals surface area contributed by atoms with Crippen molar-refractivity contribution >= 4 is 33.5 Å². The highest BCUT2D eigenvalue weighted by Gasteiger charge is 2.25. The van der Waals surface area contributed by atoms with Crippen LogP contribution in [0.15, 0.2) is 54.9 Å². The number of carbonyl (C=O) groups is 1. The Labute approximate surface area is 195 Å². The molecule has 0 bridgehead atoms. The van der Waals surface area contributed by atoms with E-state index in [1.54, 1.807) is 32.7 Å². The number of carbonyl (C=O) groups excluding carboxylic acids is 1. The molecule has 2 aromatic heterocycles. The highest BCUT2D eigenvalue weighted by Crippen LogP contribution is 2.35. The van der Waals surface area contributed by atoms with E-state index in [2.05, 4.69) is 19.2 Å². The van der Waals surface area contributed by atoms with E-state index in [-0.39, 0.29) is 5.91 Å². The third kappa shape index (κ3) is 4.07. The standard InChI is InChI=1S/C24H23N5O3S/c1-31-18-7-3-16(4-8-18)20-21-22(33-27-20)23(26-15-25-21)28-11-13-29(14-12-28)24(30)17-5-9-19(32-2)10-6-17/h3-10,15H,11-14H2,1-2H3. The van der Waals surface area contributed by atoms with Crippen LogP contribution in [-0.4, -0.2) is 65.5 Å². The van der Waals surface area contributed by atoms with Crippen molar-refractivity contribution in [3.63, 3.8) is 0 Å². The van der Waals surface area contributed by atoms with Crippen molar-refractivity contribution in [2.75, 3.05) is 45.3 Å². The number of amides is 1. The van der Waals surface area contributed by atoms with Crippen LogP contribution in [0.2, 0.25) is 0 Å². The van der Waals surface area contributed by atoms with Gasteiger partial charge in [0.25, 0.3) is 5.91 Å². The number of hydrogen-bond acceptors (Lipinski definition) is 8. The van der Waals surface area contributed by atoms with Crippen molar-refractivity contribution in [1.82, 2.24) is 19.2 Å². The second kappa shape index (κ2) is 9.03. The minimum absolute atomic E-state index is 0.0321. The predicted octanol–water partition coefficient (Wildman–Crippen LogP) is 3.73. The zero-order valence-corrected chi connectivity index (χ0v) is 19.2. The van der Waals surface area contributed by atoms with Crippen molar-refractivity contribution in [3.05, 3.63) is 60.4 Å². The molecular formula is C24H23N5O3S.